The molecule has 5 heteroatoms. The van der Waals surface area contributed by atoms with Gasteiger partial charge < -0.3 is 9.47 Å². The van der Waals surface area contributed by atoms with Gasteiger partial charge in [-0.15, -0.1) is 0 Å². The molecule has 29 heavy (non-hydrogen) atoms. The van der Waals surface area contributed by atoms with Crippen molar-refractivity contribution in [3.63, 3.8) is 0 Å². The molecule has 3 aromatic carbocycles. The first kappa shape index (κ1) is 17.4. The summed E-state index contributed by atoms with van der Waals surface area (Å²) in [5, 5.41) is 0. The van der Waals surface area contributed by atoms with Crippen molar-refractivity contribution >= 4 is 17.5 Å². The highest BCUT2D eigenvalue weighted by molar-refractivity contribution is 5.93. The molecule has 0 saturated heterocycles. The Morgan fingerprint density at radius 1 is 0.828 bits per heavy atom. The number of hydrogen-bond acceptors (Lipinski definition) is 2. The standard InChI is InChI=1S/C24H17F2N3/c25-19-8-10-21(11-9-19)29-23(17-4-2-1-3-5-17)14-18-6-7-20(26)15-22(18)24(29)28-13-12-27-16-28/h1-16,24H. The van der Waals surface area contributed by atoms with Crippen LogP contribution in [0.25, 0.3) is 11.8 Å². The molecule has 0 saturated carbocycles. The summed E-state index contributed by atoms with van der Waals surface area (Å²) in [6.45, 7) is 0. The molecule has 1 aromatic heterocycles. The van der Waals surface area contributed by atoms with Gasteiger partial charge >= 0.3 is 0 Å². The van der Waals surface area contributed by atoms with Crippen molar-refractivity contribution < 1.29 is 8.78 Å². The first-order chi connectivity index (χ1) is 14.2. The highest BCUT2D eigenvalue weighted by atomic mass is 19.1. The molecule has 142 valence electrons. The number of imidazole rings is 1. The lowest BCUT2D eigenvalue weighted by Gasteiger charge is -2.40. The monoisotopic (exact) mass is 385 g/mol. The number of anilines is 1. The molecule has 0 radical (unpaired) electrons. The summed E-state index contributed by atoms with van der Waals surface area (Å²) in [7, 11) is 0. The lowest BCUT2D eigenvalue weighted by atomic mass is 9.94. The van der Waals surface area contributed by atoms with Crippen LogP contribution in [-0.2, 0) is 0 Å². The van der Waals surface area contributed by atoms with E-state index >= 15 is 0 Å². The van der Waals surface area contributed by atoms with Crippen molar-refractivity contribution in [2.24, 2.45) is 0 Å². The van der Waals surface area contributed by atoms with Crippen molar-refractivity contribution in [3.05, 3.63) is 120 Å². The highest BCUT2D eigenvalue weighted by Crippen LogP contribution is 2.42. The lowest BCUT2D eigenvalue weighted by molar-refractivity contribution is 0.574. The fourth-order valence-electron chi connectivity index (χ4n) is 3.81. The van der Waals surface area contributed by atoms with E-state index in [0.29, 0.717) is 0 Å². The summed E-state index contributed by atoms with van der Waals surface area (Å²) in [4.78, 5) is 6.28. The van der Waals surface area contributed by atoms with Gasteiger partial charge in [-0.25, -0.2) is 13.8 Å². The third-order valence-corrected chi connectivity index (χ3v) is 5.10. The number of rotatable bonds is 3. The number of hydrogen-bond donors (Lipinski definition) is 0. The van der Waals surface area contributed by atoms with Crippen molar-refractivity contribution in [1.82, 2.24) is 9.55 Å². The average molecular weight is 385 g/mol. The number of fused-ring (bicyclic) bond motifs is 1. The number of aromatic nitrogens is 2. The predicted octanol–water partition coefficient (Wildman–Crippen LogP) is 5.73. The van der Waals surface area contributed by atoms with Gasteiger partial charge in [0.25, 0.3) is 0 Å². The van der Waals surface area contributed by atoms with E-state index < -0.39 is 0 Å². The molecule has 1 aliphatic heterocycles. The molecule has 0 bridgehead atoms. The van der Waals surface area contributed by atoms with E-state index in [-0.39, 0.29) is 17.8 Å². The third kappa shape index (κ3) is 3.10. The van der Waals surface area contributed by atoms with E-state index in [1.54, 1.807) is 36.8 Å². The Hall–Kier alpha value is -3.73. The van der Waals surface area contributed by atoms with Crippen LogP contribution in [0.15, 0.2) is 91.5 Å². The Morgan fingerprint density at radius 2 is 1.59 bits per heavy atom. The zero-order valence-electron chi connectivity index (χ0n) is 15.4. The Labute approximate surface area is 167 Å². The summed E-state index contributed by atoms with van der Waals surface area (Å²) in [6.07, 6.45) is 6.94. The topological polar surface area (TPSA) is 21.1 Å². The maximum absolute atomic E-state index is 14.2. The molecule has 1 aliphatic rings. The Bertz CT molecular complexity index is 1170. The van der Waals surface area contributed by atoms with Gasteiger partial charge in [0.2, 0.25) is 0 Å². The van der Waals surface area contributed by atoms with Crippen LogP contribution >= 0.6 is 0 Å². The van der Waals surface area contributed by atoms with Crippen LogP contribution in [0.3, 0.4) is 0 Å². The molecule has 0 aliphatic carbocycles. The van der Waals surface area contributed by atoms with E-state index in [9.17, 15) is 8.78 Å². The molecule has 0 N–H and O–H groups in total. The maximum atomic E-state index is 14.2. The molecular formula is C24H17F2N3. The minimum absolute atomic E-state index is 0.301. The van der Waals surface area contributed by atoms with Crippen molar-refractivity contribution in [2.75, 3.05) is 4.90 Å². The molecule has 0 spiro atoms. The third-order valence-electron chi connectivity index (χ3n) is 5.10. The molecule has 4 aromatic rings. The molecule has 0 amide bonds. The molecular weight excluding hydrogens is 368 g/mol. The van der Waals surface area contributed by atoms with E-state index in [1.807, 2.05) is 47.2 Å². The predicted molar refractivity (Wildman–Crippen MR) is 110 cm³/mol. The van der Waals surface area contributed by atoms with Gasteiger partial charge in [-0.05, 0) is 53.6 Å². The fraction of sp³-hybridized carbons (Fsp3) is 0.0417. The van der Waals surface area contributed by atoms with E-state index in [0.717, 1.165) is 28.1 Å². The summed E-state index contributed by atoms with van der Waals surface area (Å²) < 4.78 is 29.8. The normalized spacial score (nSPS) is 15.7. The maximum Gasteiger partial charge on any atom is 0.138 e. The van der Waals surface area contributed by atoms with Crippen LogP contribution in [0.4, 0.5) is 14.5 Å². The van der Waals surface area contributed by atoms with Gasteiger partial charge in [0.05, 0.1) is 12.0 Å². The molecule has 0 fully saturated rings. The SMILES string of the molecule is Fc1ccc(N2C(c3ccccc3)=Cc3ccc(F)cc3C2n2ccnc2)cc1. The Balaban J connectivity index is 1.79. The van der Waals surface area contributed by atoms with Gasteiger partial charge in [-0.3, -0.25) is 0 Å². The van der Waals surface area contributed by atoms with Gasteiger partial charge in [0.1, 0.15) is 17.8 Å². The Kier molecular flexibility index (Phi) is 4.21. The number of nitrogens with zero attached hydrogens (tertiary/aromatic N) is 3. The summed E-state index contributed by atoms with van der Waals surface area (Å²) in [5.74, 6) is -0.605. The van der Waals surface area contributed by atoms with Gasteiger partial charge in [-0.2, -0.15) is 0 Å². The zero-order chi connectivity index (χ0) is 19.8. The van der Waals surface area contributed by atoms with Crippen LogP contribution in [0.2, 0.25) is 0 Å². The Morgan fingerprint density at radius 3 is 2.31 bits per heavy atom. The molecule has 2 heterocycles. The number of benzene rings is 3. The molecule has 5 rings (SSSR count). The van der Waals surface area contributed by atoms with Crippen LogP contribution < -0.4 is 4.90 Å². The highest BCUT2D eigenvalue weighted by Gasteiger charge is 2.32. The average Bonchev–Trinajstić information content (AvgIpc) is 3.28. The second kappa shape index (κ2) is 7.02. The van der Waals surface area contributed by atoms with E-state index in [1.165, 1.54) is 18.2 Å². The second-order valence-corrected chi connectivity index (χ2v) is 6.90. The summed E-state index contributed by atoms with van der Waals surface area (Å²) >= 11 is 0. The van der Waals surface area contributed by atoms with Crippen LogP contribution in [0, 0.1) is 11.6 Å². The zero-order valence-corrected chi connectivity index (χ0v) is 15.4. The smallest absolute Gasteiger partial charge is 0.138 e. The molecule has 1 unspecified atom stereocenters. The van der Waals surface area contributed by atoms with Crippen molar-refractivity contribution in [2.45, 2.75) is 6.17 Å². The lowest BCUT2D eigenvalue weighted by Crippen LogP contribution is -2.34. The van der Waals surface area contributed by atoms with E-state index in [2.05, 4.69) is 9.88 Å². The largest absolute Gasteiger partial charge is 0.315 e. The van der Waals surface area contributed by atoms with Crippen molar-refractivity contribution in [1.29, 1.82) is 0 Å². The second-order valence-electron chi connectivity index (χ2n) is 6.90. The molecule has 3 nitrogen and oxygen atoms in total. The van der Waals surface area contributed by atoms with E-state index in [4.69, 9.17) is 0 Å². The van der Waals surface area contributed by atoms with Gasteiger partial charge in [0.15, 0.2) is 0 Å². The summed E-state index contributed by atoms with van der Waals surface area (Å²) in [6, 6.07) is 21.1. The fourth-order valence-corrected chi connectivity index (χ4v) is 3.81. The van der Waals surface area contributed by atoms with Crippen LogP contribution in [0.1, 0.15) is 22.9 Å². The minimum atomic E-state index is -0.367. The first-order valence-electron chi connectivity index (χ1n) is 9.29. The number of halogens is 2. The van der Waals surface area contributed by atoms with Crippen LogP contribution in [0.5, 0.6) is 0 Å². The van der Waals surface area contributed by atoms with Crippen LogP contribution in [-0.4, -0.2) is 9.55 Å². The van der Waals surface area contributed by atoms with Gasteiger partial charge in [0, 0.05) is 23.6 Å². The summed E-state index contributed by atoms with van der Waals surface area (Å²) in [5.41, 5.74) is 4.50. The first-order valence-corrected chi connectivity index (χ1v) is 9.29. The molecule has 1 atom stereocenters. The minimum Gasteiger partial charge on any atom is -0.315 e. The quantitative estimate of drug-likeness (QED) is 0.449. The van der Waals surface area contributed by atoms with Crippen molar-refractivity contribution in [3.8, 4) is 0 Å². The van der Waals surface area contributed by atoms with Gasteiger partial charge in [-0.1, -0.05) is 36.4 Å².